The lowest BCUT2D eigenvalue weighted by molar-refractivity contribution is 0.0854. The lowest BCUT2D eigenvalue weighted by Gasteiger charge is -2.23. The quantitative estimate of drug-likeness (QED) is 0.419. The largest absolute Gasteiger partial charge is 0.390 e. The van der Waals surface area contributed by atoms with Crippen LogP contribution in [-0.2, 0) is 13.0 Å². The second-order valence-corrected chi connectivity index (χ2v) is 9.64. The zero-order valence-electron chi connectivity index (χ0n) is 19.8. The molecule has 0 bridgehead atoms. The first-order valence-electron chi connectivity index (χ1n) is 12.5. The van der Waals surface area contributed by atoms with Crippen molar-refractivity contribution in [2.75, 3.05) is 19.6 Å². The van der Waals surface area contributed by atoms with Crippen molar-refractivity contribution in [1.29, 1.82) is 0 Å². The number of fused-ring (bicyclic) bond motifs is 1. The Kier molecular flexibility index (Phi) is 7.23. The number of carbonyl (C=O) groups is 1. The highest BCUT2D eigenvalue weighted by Gasteiger charge is 2.33. The molecule has 3 aromatic rings. The fourth-order valence-corrected chi connectivity index (χ4v) is 5.19. The van der Waals surface area contributed by atoms with E-state index in [4.69, 9.17) is 0 Å². The second kappa shape index (κ2) is 10.7. The van der Waals surface area contributed by atoms with Crippen LogP contribution >= 0.6 is 0 Å². The molecule has 1 aliphatic heterocycles. The van der Waals surface area contributed by atoms with Crippen molar-refractivity contribution < 1.29 is 14.3 Å². The van der Waals surface area contributed by atoms with E-state index in [2.05, 4.69) is 28.1 Å². The predicted octanol–water partition coefficient (Wildman–Crippen LogP) is 3.97. The van der Waals surface area contributed by atoms with Gasteiger partial charge >= 0.3 is 0 Å². The van der Waals surface area contributed by atoms with Gasteiger partial charge in [-0.3, -0.25) is 4.79 Å². The number of aliphatic hydroxyl groups is 1. The lowest BCUT2D eigenvalue weighted by Crippen LogP contribution is -2.34. The maximum absolute atomic E-state index is 14.9. The molecule has 6 heteroatoms. The van der Waals surface area contributed by atoms with Crippen molar-refractivity contribution in [1.82, 2.24) is 16.0 Å². The summed E-state index contributed by atoms with van der Waals surface area (Å²) < 4.78 is 14.9. The molecular formula is C29H32FN3O2. The Morgan fingerprint density at radius 3 is 2.57 bits per heavy atom. The van der Waals surface area contributed by atoms with E-state index in [1.807, 2.05) is 36.4 Å². The summed E-state index contributed by atoms with van der Waals surface area (Å²) in [5.74, 6) is -0.399. The molecule has 2 aliphatic rings. The van der Waals surface area contributed by atoms with E-state index < -0.39 is 23.9 Å². The Balaban J connectivity index is 1.26. The van der Waals surface area contributed by atoms with E-state index in [1.54, 1.807) is 6.07 Å². The van der Waals surface area contributed by atoms with Crippen molar-refractivity contribution in [3.8, 4) is 11.1 Å². The first-order chi connectivity index (χ1) is 17.1. The normalized spacial score (nSPS) is 19.9. The maximum Gasteiger partial charge on any atom is 0.254 e. The molecule has 1 amide bonds. The zero-order valence-corrected chi connectivity index (χ0v) is 19.8. The molecule has 1 fully saturated rings. The molecule has 0 saturated carbocycles. The van der Waals surface area contributed by atoms with Gasteiger partial charge in [-0.15, -0.1) is 0 Å². The fourth-order valence-electron chi connectivity index (χ4n) is 5.19. The van der Waals surface area contributed by atoms with Crippen LogP contribution in [0.3, 0.4) is 0 Å². The number of halogens is 1. The number of carbonyl (C=O) groups excluding carboxylic acids is 1. The molecule has 5 nitrogen and oxygen atoms in total. The molecule has 0 aromatic heterocycles. The predicted molar refractivity (Wildman–Crippen MR) is 135 cm³/mol. The molecule has 182 valence electrons. The van der Waals surface area contributed by atoms with Crippen LogP contribution in [-0.4, -0.2) is 36.8 Å². The van der Waals surface area contributed by atoms with Crippen molar-refractivity contribution in [2.45, 2.75) is 38.0 Å². The van der Waals surface area contributed by atoms with E-state index >= 15 is 0 Å². The fraction of sp³-hybridized carbons (Fsp3) is 0.345. The number of aliphatic hydroxyl groups excluding tert-OH is 1. The van der Waals surface area contributed by atoms with Gasteiger partial charge in [-0.25, -0.2) is 4.39 Å². The summed E-state index contributed by atoms with van der Waals surface area (Å²) in [7, 11) is 0. The smallest absolute Gasteiger partial charge is 0.254 e. The first kappa shape index (κ1) is 23.7. The summed E-state index contributed by atoms with van der Waals surface area (Å²) in [6.07, 6.45) is 2.12. The van der Waals surface area contributed by atoms with E-state index in [9.17, 15) is 14.3 Å². The number of rotatable bonds is 7. The summed E-state index contributed by atoms with van der Waals surface area (Å²) in [5, 5.41) is 20.5. The lowest BCUT2D eigenvalue weighted by atomic mass is 9.98. The monoisotopic (exact) mass is 473 g/mol. The minimum Gasteiger partial charge on any atom is -0.390 e. The van der Waals surface area contributed by atoms with Gasteiger partial charge in [0.15, 0.2) is 0 Å². The van der Waals surface area contributed by atoms with E-state index in [-0.39, 0.29) is 5.56 Å². The van der Waals surface area contributed by atoms with E-state index in [0.29, 0.717) is 17.9 Å². The van der Waals surface area contributed by atoms with E-state index in [0.717, 1.165) is 48.4 Å². The van der Waals surface area contributed by atoms with Crippen LogP contribution in [0.25, 0.3) is 11.1 Å². The molecule has 4 N–H and O–H groups in total. The molecule has 35 heavy (non-hydrogen) atoms. The summed E-state index contributed by atoms with van der Waals surface area (Å²) in [6.45, 7) is 3.89. The van der Waals surface area contributed by atoms with Gasteiger partial charge in [0.25, 0.3) is 5.91 Å². The number of hydrogen-bond donors (Lipinski definition) is 4. The number of amides is 1. The minimum absolute atomic E-state index is 0.0230. The molecule has 0 spiro atoms. The van der Waals surface area contributed by atoms with Crippen LogP contribution < -0.4 is 16.0 Å². The van der Waals surface area contributed by atoms with Crippen LogP contribution in [0, 0.1) is 11.7 Å². The zero-order chi connectivity index (χ0) is 24.2. The standard InChI is InChI=1S/C29H32FN3O2/c30-26-15-22(21-4-2-1-3-5-21)8-9-24(26)29(35)33-28-25-14-20(6-7-23(25)16-27(28)34)18-32-17-19-10-12-31-13-11-19/h1-9,14-15,19,27-28,31-32,34H,10-13,16-18H2,(H,33,35)/t27-,28-/m1/s1. The molecule has 0 unspecified atom stereocenters. The second-order valence-electron chi connectivity index (χ2n) is 9.64. The Bertz CT molecular complexity index is 1180. The van der Waals surface area contributed by atoms with Gasteiger partial charge in [0.05, 0.1) is 17.7 Å². The highest BCUT2D eigenvalue weighted by molar-refractivity contribution is 5.95. The summed E-state index contributed by atoms with van der Waals surface area (Å²) in [4.78, 5) is 13.0. The SMILES string of the molecule is O=C(N[C@@H]1c2cc(CNCC3CCNCC3)ccc2C[C@H]1O)c1ccc(-c2ccccc2)cc1F. The van der Waals surface area contributed by atoms with Crippen LogP contribution in [0.1, 0.15) is 45.9 Å². The molecule has 1 aliphatic carbocycles. The average molecular weight is 474 g/mol. The summed E-state index contributed by atoms with van der Waals surface area (Å²) >= 11 is 0. The average Bonchev–Trinajstić information content (AvgIpc) is 3.19. The molecular weight excluding hydrogens is 441 g/mol. The molecule has 1 heterocycles. The molecule has 3 aromatic carbocycles. The van der Waals surface area contributed by atoms with Gasteiger partial charge in [0, 0.05) is 13.0 Å². The van der Waals surface area contributed by atoms with Crippen molar-refractivity contribution in [3.63, 3.8) is 0 Å². The maximum atomic E-state index is 14.9. The number of piperidine rings is 1. The molecule has 0 radical (unpaired) electrons. The summed E-state index contributed by atoms with van der Waals surface area (Å²) in [5.41, 5.74) is 4.63. The Hall–Kier alpha value is -3.06. The van der Waals surface area contributed by atoms with Crippen molar-refractivity contribution in [2.24, 2.45) is 5.92 Å². The Labute approximate surface area is 205 Å². The number of nitrogens with one attached hydrogen (secondary N) is 3. The number of hydrogen-bond acceptors (Lipinski definition) is 4. The third kappa shape index (κ3) is 5.45. The molecule has 1 saturated heterocycles. The Morgan fingerprint density at radius 2 is 1.80 bits per heavy atom. The minimum atomic E-state index is -0.737. The van der Waals surface area contributed by atoms with Crippen molar-refractivity contribution in [3.05, 3.63) is 94.8 Å². The molecule has 2 atom stereocenters. The van der Waals surface area contributed by atoms with Crippen LogP contribution in [0.15, 0.2) is 66.7 Å². The highest BCUT2D eigenvalue weighted by Crippen LogP contribution is 2.33. The van der Waals surface area contributed by atoms with Crippen molar-refractivity contribution >= 4 is 5.91 Å². The van der Waals surface area contributed by atoms with Crippen LogP contribution in [0.2, 0.25) is 0 Å². The summed E-state index contributed by atoms with van der Waals surface area (Å²) in [6, 6.07) is 19.7. The topological polar surface area (TPSA) is 73.4 Å². The van der Waals surface area contributed by atoms with E-state index in [1.165, 1.54) is 25.0 Å². The third-order valence-electron chi connectivity index (χ3n) is 7.19. The van der Waals surface area contributed by atoms with Gasteiger partial charge in [0.1, 0.15) is 5.82 Å². The van der Waals surface area contributed by atoms with Crippen LogP contribution in [0.5, 0.6) is 0 Å². The first-order valence-corrected chi connectivity index (χ1v) is 12.5. The number of benzene rings is 3. The third-order valence-corrected chi connectivity index (χ3v) is 7.19. The highest BCUT2D eigenvalue weighted by atomic mass is 19.1. The van der Waals surface area contributed by atoms with Gasteiger partial charge in [0.2, 0.25) is 0 Å². The van der Waals surface area contributed by atoms with Gasteiger partial charge < -0.3 is 21.1 Å². The van der Waals surface area contributed by atoms with Gasteiger partial charge in [-0.1, -0.05) is 54.6 Å². The molecule has 5 rings (SSSR count). The van der Waals surface area contributed by atoms with Gasteiger partial charge in [-0.2, -0.15) is 0 Å². The van der Waals surface area contributed by atoms with Gasteiger partial charge in [-0.05, 0) is 78.3 Å². The Morgan fingerprint density at radius 1 is 1.00 bits per heavy atom. The van der Waals surface area contributed by atoms with Crippen LogP contribution in [0.4, 0.5) is 4.39 Å².